The van der Waals surface area contributed by atoms with Crippen molar-refractivity contribution in [1.82, 2.24) is 9.78 Å². The molecular formula is C14H19N3. The van der Waals surface area contributed by atoms with Crippen LogP contribution in [0.4, 0.5) is 0 Å². The van der Waals surface area contributed by atoms with Crippen LogP contribution >= 0.6 is 0 Å². The number of para-hydroxylation sites is 1. The Morgan fingerprint density at radius 3 is 2.88 bits per heavy atom. The maximum absolute atomic E-state index is 6.21. The molecule has 3 heteroatoms. The minimum Gasteiger partial charge on any atom is -0.323 e. The average molecular weight is 229 g/mol. The fourth-order valence-electron chi connectivity index (χ4n) is 2.05. The molecule has 0 saturated carbocycles. The van der Waals surface area contributed by atoms with Crippen molar-refractivity contribution >= 4 is 10.9 Å². The first-order chi connectivity index (χ1) is 8.09. The van der Waals surface area contributed by atoms with Crippen molar-refractivity contribution in [2.45, 2.75) is 25.8 Å². The van der Waals surface area contributed by atoms with Gasteiger partial charge in [0.15, 0.2) is 0 Å². The Bertz CT molecular complexity index is 539. The van der Waals surface area contributed by atoms with Crippen LogP contribution in [0.2, 0.25) is 0 Å². The van der Waals surface area contributed by atoms with Crippen molar-refractivity contribution in [3.63, 3.8) is 0 Å². The van der Waals surface area contributed by atoms with Gasteiger partial charge < -0.3 is 5.73 Å². The van der Waals surface area contributed by atoms with E-state index >= 15 is 0 Å². The summed E-state index contributed by atoms with van der Waals surface area (Å²) in [5, 5.41) is 5.69. The molecule has 0 saturated heterocycles. The summed E-state index contributed by atoms with van der Waals surface area (Å²) < 4.78 is 1.89. The molecule has 17 heavy (non-hydrogen) atoms. The van der Waals surface area contributed by atoms with Gasteiger partial charge in [-0.3, -0.25) is 4.68 Å². The molecule has 0 spiro atoms. The Morgan fingerprint density at radius 2 is 2.18 bits per heavy atom. The first kappa shape index (κ1) is 11.9. The van der Waals surface area contributed by atoms with Crippen LogP contribution in [0.1, 0.15) is 31.5 Å². The Hall–Kier alpha value is -1.61. The third-order valence-corrected chi connectivity index (χ3v) is 3.02. The van der Waals surface area contributed by atoms with Crippen LogP contribution in [0.15, 0.2) is 36.4 Å². The topological polar surface area (TPSA) is 43.8 Å². The number of aromatic nitrogens is 2. The van der Waals surface area contributed by atoms with Gasteiger partial charge in [-0.05, 0) is 25.8 Å². The zero-order valence-electron chi connectivity index (χ0n) is 10.5. The molecule has 1 aromatic carbocycles. The summed E-state index contributed by atoms with van der Waals surface area (Å²) in [5.74, 6) is 0. The number of rotatable bonds is 4. The Kier molecular flexibility index (Phi) is 3.29. The van der Waals surface area contributed by atoms with Gasteiger partial charge in [-0.2, -0.15) is 5.10 Å². The summed E-state index contributed by atoms with van der Waals surface area (Å²) in [6.45, 7) is 5.94. The van der Waals surface area contributed by atoms with Crippen LogP contribution in [-0.4, -0.2) is 9.78 Å². The highest BCUT2D eigenvalue weighted by atomic mass is 15.3. The Labute approximate surface area is 102 Å². The van der Waals surface area contributed by atoms with E-state index in [1.54, 1.807) is 0 Å². The molecule has 0 aliphatic rings. The van der Waals surface area contributed by atoms with Gasteiger partial charge in [-0.25, -0.2) is 0 Å². The van der Waals surface area contributed by atoms with E-state index in [1.807, 2.05) is 30.8 Å². The average Bonchev–Trinajstić information content (AvgIpc) is 2.65. The number of hydrogen-bond acceptors (Lipinski definition) is 2. The summed E-state index contributed by atoms with van der Waals surface area (Å²) in [4.78, 5) is 0. The molecule has 3 nitrogen and oxygen atoms in total. The predicted molar refractivity (Wildman–Crippen MR) is 71.7 cm³/mol. The van der Waals surface area contributed by atoms with E-state index in [-0.39, 0.29) is 6.04 Å². The van der Waals surface area contributed by atoms with Gasteiger partial charge in [0.2, 0.25) is 0 Å². The lowest BCUT2D eigenvalue weighted by molar-refractivity contribution is 0.616. The van der Waals surface area contributed by atoms with Gasteiger partial charge in [-0.1, -0.05) is 23.8 Å². The van der Waals surface area contributed by atoms with Crippen LogP contribution in [0.5, 0.6) is 0 Å². The third kappa shape index (κ3) is 2.39. The van der Waals surface area contributed by atoms with E-state index in [4.69, 9.17) is 5.73 Å². The zero-order valence-corrected chi connectivity index (χ0v) is 10.5. The summed E-state index contributed by atoms with van der Waals surface area (Å²) >= 11 is 0. The van der Waals surface area contributed by atoms with Gasteiger partial charge in [0, 0.05) is 18.5 Å². The molecule has 90 valence electrons. The molecule has 0 aliphatic carbocycles. The van der Waals surface area contributed by atoms with Crippen molar-refractivity contribution in [2.75, 3.05) is 0 Å². The normalized spacial score (nSPS) is 12.9. The van der Waals surface area contributed by atoms with Crippen LogP contribution in [0.3, 0.4) is 0 Å². The molecule has 1 unspecified atom stereocenters. The summed E-state index contributed by atoms with van der Waals surface area (Å²) in [5.41, 5.74) is 9.50. The number of aryl methyl sites for hydroxylation is 1. The number of nitrogens with two attached hydrogens (primary N) is 1. The van der Waals surface area contributed by atoms with Gasteiger partial charge in [0.05, 0.1) is 11.2 Å². The number of benzene rings is 1. The Morgan fingerprint density at radius 1 is 1.47 bits per heavy atom. The zero-order chi connectivity index (χ0) is 12.4. The summed E-state index contributed by atoms with van der Waals surface area (Å²) in [7, 11) is 1.96. The fraction of sp³-hybridized carbons (Fsp3) is 0.357. The van der Waals surface area contributed by atoms with E-state index in [9.17, 15) is 0 Å². The lowest BCUT2D eigenvalue weighted by Crippen LogP contribution is -2.11. The standard InChI is InChI=1S/C14H19N3/c1-10(2)8-9-12(15)14-11-6-4-5-7-13(11)17(3)16-14/h4-7,12H,1,8-9,15H2,2-3H3. The molecule has 0 fully saturated rings. The molecule has 0 radical (unpaired) electrons. The SMILES string of the molecule is C=C(C)CCC(N)c1nn(C)c2ccccc12. The first-order valence-corrected chi connectivity index (χ1v) is 5.91. The highest BCUT2D eigenvalue weighted by Crippen LogP contribution is 2.25. The van der Waals surface area contributed by atoms with E-state index in [0.717, 1.165) is 29.4 Å². The second-order valence-corrected chi connectivity index (χ2v) is 4.63. The smallest absolute Gasteiger partial charge is 0.0870 e. The van der Waals surface area contributed by atoms with E-state index in [1.165, 1.54) is 5.57 Å². The highest BCUT2D eigenvalue weighted by Gasteiger charge is 2.14. The molecular weight excluding hydrogens is 210 g/mol. The summed E-state index contributed by atoms with van der Waals surface area (Å²) in [6.07, 6.45) is 1.85. The minimum absolute atomic E-state index is 0.0159. The number of allylic oxidation sites excluding steroid dienone is 1. The maximum atomic E-state index is 6.21. The van der Waals surface area contributed by atoms with Gasteiger partial charge >= 0.3 is 0 Å². The summed E-state index contributed by atoms with van der Waals surface area (Å²) in [6, 6.07) is 8.18. The monoisotopic (exact) mass is 229 g/mol. The van der Waals surface area contributed by atoms with Gasteiger partial charge in [-0.15, -0.1) is 6.58 Å². The van der Waals surface area contributed by atoms with Crippen molar-refractivity contribution in [1.29, 1.82) is 0 Å². The van der Waals surface area contributed by atoms with E-state index in [0.29, 0.717) is 0 Å². The highest BCUT2D eigenvalue weighted by molar-refractivity contribution is 5.82. The molecule has 0 bridgehead atoms. The van der Waals surface area contributed by atoms with Crippen LogP contribution in [0.25, 0.3) is 10.9 Å². The third-order valence-electron chi connectivity index (χ3n) is 3.02. The van der Waals surface area contributed by atoms with E-state index < -0.39 is 0 Å². The molecule has 1 atom stereocenters. The lowest BCUT2D eigenvalue weighted by atomic mass is 10.0. The molecule has 2 rings (SSSR count). The predicted octanol–water partition coefficient (Wildman–Crippen LogP) is 2.93. The Balaban J connectivity index is 2.32. The molecule has 2 aromatic rings. The largest absolute Gasteiger partial charge is 0.323 e. The number of hydrogen-bond donors (Lipinski definition) is 1. The van der Waals surface area contributed by atoms with Gasteiger partial charge in [0.1, 0.15) is 0 Å². The molecule has 2 N–H and O–H groups in total. The van der Waals surface area contributed by atoms with Crippen molar-refractivity contribution in [2.24, 2.45) is 12.8 Å². The fourth-order valence-corrected chi connectivity index (χ4v) is 2.05. The van der Waals surface area contributed by atoms with Crippen LogP contribution in [0, 0.1) is 0 Å². The molecule has 1 aromatic heterocycles. The second kappa shape index (κ2) is 4.72. The van der Waals surface area contributed by atoms with Crippen molar-refractivity contribution in [3.05, 3.63) is 42.1 Å². The molecule has 0 amide bonds. The lowest BCUT2D eigenvalue weighted by Gasteiger charge is -2.08. The van der Waals surface area contributed by atoms with Crippen LogP contribution < -0.4 is 5.73 Å². The van der Waals surface area contributed by atoms with E-state index in [2.05, 4.69) is 23.8 Å². The molecule has 0 aliphatic heterocycles. The van der Waals surface area contributed by atoms with Gasteiger partial charge in [0.25, 0.3) is 0 Å². The first-order valence-electron chi connectivity index (χ1n) is 5.91. The quantitative estimate of drug-likeness (QED) is 0.819. The minimum atomic E-state index is -0.0159. The number of nitrogens with zero attached hydrogens (tertiary/aromatic N) is 2. The second-order valence-electron chi connectivity index (χ2n) is 4.63. The van der Waals surface area contributed by atoms with Crippen molar-refractivity contribution in [3.8, 4) is 0 Å². The maximum Gasteiger partial charge on any atom is 0.0870 e. The van der Waals surface area contributed by atoms with Crippen molar-refractivity contribution < 1.29 is 0 Å². The number of fused-ring (bicyclic) bond motifs is 1. The van der Waals surface area contributed by atoms with Crippen LogP contribution in [-0.2, 0) is 7.05 Å². The molecule has 1 heterocycles.